The molecule has 0 aliphatic rings. The monoisotopic (exact) mass is 380 g/mol. The van der Waals surface area contributed by atoms with Gasteiger partial charge in [0.2, 0.25) is 0 Å². The number of H-pyrrole nitrogens is 3. The highest BCUT2D eigenvalue weighted by molar-refractivity contribution is 6.00. The van der Waals surface area contributed by atoms with Gasteiger partial charge >= 0.3 is 0 Å². The number of anilines is 2. The van der Waals surface area contributed by atoms with Gasteiger partial charge in [-0.1, -0.05) is 12.1 Å². The molecular formula is C21H16N8. The molecule has 8 heteroatoms. The van der Waals surface area contributed by atoms with E-state index in [1.54, 1.807) is 6.20 Å². The Bertz CT molecular complexity index is 1540. The third-order valence-corrected chi connectivity index (χ3v) is 5.34. The van der Waals surface area contributed by atoms with E-state index in [9.17, 15) is 0 Å². The summed E-state index contributed by atoms with van der Waals surface area (Å²) in [6.07, 6.45) is 1.80. The Morgan fingerprint density at radius 3 is 2.07 bits per heavy atom. The van der Waals surface area contributed by atoms with Gasteiger partial charge in [-0.05, 0) is 53.1 Å². The van der Waals surface area contributed by atoms with Gasteiger partial charge in [-0.15, -0.1) is 0 Å². The molecule has 7 N–H and O–H groups in total. The molecule has 0 saturated carbocycles. The van der Waals surface area contributed by atoms with Crippen molar-refractivity contribution in [1.29, 1.82) is 0 Å². The van der Waals surface area contributed by atoms with Crippen LogP contribution in [0.4, 0.5) is 11.6 Å². The van der Waals surface area contributed by atoms with Gasteiger partial charge in [-0.2, -0.15) is 10.2 Å². The Kier molecular flexibility index (Phi) is 3.02. The SMILES string of the molecule is Nc1n[nH]c2ccc(-c3cc4c(-c5ccc6[nH]nc(N)c6c5)ccnc4[nH]3)cc12. The lowest BCUT2D eigenvalue weighted by Gasteiger charge is -2.03. The maximum absolute atomic E-state index is 5.99. The standard InChI is InChI=1S/C21H16N8/c22-19-14-7-10(1-3-16(14)26-28-19)12-5-6-24-21-13(12)9-18(25-21)11-2-4-17-15(8-11)20(23)29-27-17/h1-9H,(H,24,25)(H3,22,26,28)(H3,23,27,29). The fraction of sp³-hybridized carbons (Fsp3) is 0. The minimum absolute atomic E-state index is 0.489. The van der Waals surface area contributed by atoms with E-state index in [1.807, 2.05) is 36.4 Å². The number of aromatic nitrogens is 6. The number of hydrogen-bond acceptors (Lipinski definition) is 5. The van der Waals surface area contributed by atoms with Crippen molar-refractivity contribution >= 4 is 44.5 Å². The first-order chi connectivity index (χ1) is 14.2. The molecule has 0 amide bonds. The Morgan fingerprint density at radius 2 is 1.34 bits per heavy atom. The average molecular weight is 380 g/mol. The molecule has 0 bridgehead atoms. The second kappa shape index (κ2) is 5.59. The zero-order valence-corrected chi connectivity index (χ0v) is 15.2. The molecule has 4 heterocycles. The van der Waals surface area contributed by atoms with Crippen LogP contribution in [0.15, 0.2) is 54.7 Å². The van der Waals surface area contributed by atoms with E-state index < -0.39 is 0 Å². The van der Waals surface area contributed by atoms with Crippen molar-refractivity contribution < 1.29 is 0 Å². The van der Waals surface area contributed by atoms with Gasteiger partial charge in [0.1, 0.15) is 5.65 Å². The van der Waals surface area contributed by atoms with Crippen LogP contribution >= 0.6 is 0 Å². The third kappa shape index (κ3) is 2.29. The zero-order valence-electron chi connectivity index (χ0n) is 15.2. The zero-order chi connectivity index (χ0) is 19.5. The second-order valence-electron chi connectivity index (χ2n) is 7.04. The molecular weight excluding hydrogens is 364 g/mol. The average Bonchev–Trinajstić information content (AvgIpc) is 3.45. The van der Waals surface area contributed by atoms with Crippen molar-refractivity contribution in [3.8, 4) is 22.4 Å². The largest absolute Gasteiger partial charge is 0.382 e. The quantitative estimate of drug-likeness (QED) is 0.311. The molecule has 0 fully saturated rings. The number of nitrogens with zero attached hydrogens (tertiary/aromatic N) is 3. The molecule has 0 aliphatic carbocycles. The van der Waals surface area contributed by atoms with Gasteiger partial charge in [-0.3, -0.25) is 10.2 Å². The Morgan fingerprint density at radius 1 is 0.690 bits per heavy atom. The molecule has 0 unspecified atom stereocenters. The molecule has 140 valence electrons. The van der Waals surface area contributed by atoms with Crippen LogP contribution in [0.3, 0.4) is 0 Å². The number of nitrogen functional groups attached to an aromatic ring is 2. The topological polar surface area (TPSA) is 138 Å². The van der Waals surface area contributed by atoms with Gasteiger partial charge in [0.05, 0.1) is 11.0 Å². The van der Waals surface area contributed by atoms with Crippen LogP contribution in [0.2, 0.25) is 0 Å². The number of pyridine rings is 1. The van der Waals surface area contributed by atoms with E-state index in [0.717, 1.165) is 55.2 Å². The fourth-order valence-corrected chi connectivity index (χ4v) is 3.84. The highest BCUT2D eigenvalue weighted by Gasteiger charge is 2.12. The van der Waals surface area contributed by atoms with E-state index in [1.165, 1.54) is 0 Å². The van der Waals surface area contributed by atoms with Crippen molar-refractivity contribution in [2.24, 2.45) is 0 Å². The Balaban J connectivity index is 1.54. The summed E-state index contributed by atoms with van der Waals surface area (Å²) >= 11 is 0. The number of aromatic amines is 3. The first-order valence-electron chi connectivity index (χ1n) is 9.13. The maximum Gasteiger partial charge on any atom is 0.153 e. The number of nitrogens with one attached hydrogen (secondary N) is 3. The van der Waals surface area contributed by atoms with Crippen molar-refractivity contribution in [1.82, 2.24) is 30.4 Å². The number of fused-ring (bicyclic) bond motifs is 3. The molecule has 0 spiro atoms. The number of benzene rings is 2. The molecule has 4 aromatic heterocycles. The van der Waals surface area contributed by atoms with Crippen LogP contribution < -0.4 is 11.5 Å². The second-order valence-corrected chi connectivity index (χ2v) is 7.04. The molecule has 0 aliphatic heterocycles. The third-order valence-electron chi connectivity index (χ3n) is 5.34. The van der Waals surface area contributed by atoms with Gasteiger partial charge in [-0.25, -0.2) is 4.98 Å². The molecule has 6 rings (SSSR count). The van der Waals surface area contributed by atoms with Crippen molar-refractivity contribution in [3.63, 3.8) is 0 Å². The molecule has 2 aromatic carbocycles. The van der Waals surface area contributed by atoms with Crippen molar-refractivity contribution in [2.75, 3.05) is 11.5 Å². The van der Waals surface area contributed by atoms with E-state index in [-0.39, 0.29) is 0 Å². The lowest BCUT2D eigenvalue weighted by Crippen LogP contribution is -1.85. The first-order valence-corrected chi connectivity index (χ1v) is 9.13. The van der Waals surface area contributed by atoms with Gasteiger partial charge in [0, 0.05) is 28.0 Å². The van der Waals surface area contributed by atoms with Gasteiger partial charge in [0.25, 0.3) is 0 Å². The minimum Gasteiger partial charge on any atom is -0.382 e. The summed E-state index contributed by atoms with van der Waals surface area (Å²) in [6.45, 7) is 0. The summed E-state index contributed by atoms with van der Waals surface area (Å²) < 4.78 is 0. The lowest BCUT2D eigenvalue weighted by molar-refractivity contribution is 1.13. The summed E-state index contributed by atoms with van der Waals surface area (Å²) in [6, 6.07) is 16.2. The van der Waals surface area contributed by atoms with E-state index >= 15 is 0 Å². The highest BCUT2D eigenvalue weighted by atomic mass is 15.2. The van der Waals surface area contributed by atoms with Crippen LogP contribution in [-0.4, -0.2) is 30.4 Å². The van der Waals surface area contributed by atoms with Gasteiger partial charge < -0.3 is 16.5 Å². The highest BCUT2D eigenvalue weighted by Crippen LogP contribution is 2.34. The summed E-state index contributed by atoms with van der Waals surface area (Å²) in [5.74, 6) is 0.982. The summed E-state index contributed by atoms with van der Waals surface area (Å²) in [5, 5.41) is 16.8. The summed E-state index contributed by atoms with van der Waals surface area (Å²) in [5.41, 5.74) is 18.7. The van der Waals surface area contributed by atoms with Crippen molar-refractivity contribution in [2.45, 2.75) is 0 Å². The smallest absolute Gasteiger partial charge is 0.153 e. The number of hydrogen-bond donors (Lipinski definition) is 5. The molecule has 6 aromatic rings. The van der Waals surface area contributed by atoms with Gasteiger partial charge in [0.15, 0.2) is 11.6 Å². The predicted molar refractivity (Wildman–Crippen MR) is 115 cm³/mol. The van der Waals surface area contributed by atoms with E-state index in [2.05, 4.69) is 42.5 Å². The maximum atomic E-state index is 5.99. The first kappa shape index (κ1) is 15.7. The minimum atomic E-state index is 0.489. The van der Waals surface area contributed by atoms with Crippen LogP contribution in [-0.2, 0) is 0 Å². The van der Waals surface area contributed by atoms with Crippen LogP contribution in [0.25, 0.3) is 55.2 Å². The molecule has 0 saturated heterocycles. The normalized spacial score (nSPS) is 11.7. The predicted octanol–water partition coefficient (Wildman–Crippen LogP) is 3.81. The summed E-state index contributed by atoms with van der Waals surface area (Å²) in [4.78, 5) is 7.93. The summed E-state index contributed by atoms with van der Waals surface area (Å²) in [7, 11) is 0. The van der Waals surface area contributed by atoms with Crippen LogP contribution in [0, 0.1) is 0 Å². The van der Waals surface area contributed by atoms with E-state index in [4.69, 9.17) is 11.5 Å². The van der Waals surface area contributed by atoms with Crippen LogP contribution in [0.5, 0.6) is 0 Å². The van der Waals surface area contributed by atoms with E-state index in [0.29, 0.717) is 11.6 Å². The number of nitrogens with two attached hydrogens (primary N) is 2. The van der Waals surface area contributed by atoms with Crippen molar-refractivity contribution in [3.05, 3.63) is 54.7 Å². The molecule has 8 nitrogen and oxygen atoms in total. The molecule has 0 atom stereocenters. The molecule has 0 radical (unpaired) electrons. The number of rotatable bonds is 2. The lowest BCUT2D eigenvalue weighted by atomic mass is 10.0. The molecule has 29 heavy (non-hydrogen) atoms. The van der Waals surface area contributed by atoms with Crippen LogP contribution in [0.1, 0.15) is 0 Å². The Labute approximate surface area is 163 Å². The Hall–Kier alpha value is -4.33. The fourth-order valence-electron chi connectivity index (χ4n) is 3.84.